The van der Waals surface area contributed by atoms with Crippen LogP contribution in [0.1, 0.15) is 34.8 Å². The summed E-state index contributed by atoms with van der Waals surface area (Å²) in [6.45, 7) is 3.58. The van der Waals surface area contributed by atoms with Gasteiger partial charge >= 0.3 is 0 Å². The first-order valence-electron chi connectivity index (χ1n) is 9.76. The van der Waals surface area contributed by atoms with Crippen LogP contribution in [0.25, 0.3) is 0 Å². The molecule has 2 aromatic carbocycles. The minimum absolute atomic E-state index is 0.139. The maximum atomic E-state index is 13.7. The first kappa shape index (κ1) is 21.3. The van der Waals surface area contributed by atoms with E-state index in [0.29, 0.717) is 0 Å². The number of hydrogen-bond donors (Lipinski definition) is 2. The van der Waals surface area contributed by atoms with Gasteiger partial charge in [-0.1, -0.05) is 24.3 Å². The van der Waals surface area contributed by atoms with E-state index < -0.39 is 55.2 Å². The van der Waals surface area contributed by atoms with Crippen LogP contribution in [0.4, 0.5) is 8.78 Å². The number of hydrogen-bond acceptors (Lipinski definition) is 6. The molecule has 162 valence electrons. The van der Waals surface area contributed by atoms with E-state index >= 15 is 0 Å². The van der Waals surface area contributed by atoms with Crippen molar-refractivity contribution in [2.45, 2.75) is 50.8 Å². The van der Waals surface area contributed by atoms with Gasteiger partial charge in [0.2, 0.25) is 0 Å². The molecule has 2 heterocycles. The van der Waals surface area contributed by atoms with Crippen LogP contribution < -0.4 is 0 Å². The van der Waals surface area contributed by atoms with E-state index in [9.17, 15) is 19.0 Å². The van der Waals surface area contributed by atoms with Crippen molar-refractivity contribution in [3.8, 4) is 0 Å². The molecule has 0 aromatic heterocycles. The van der Waals surface area contributed by atoms with Gasteiger partial charge in [0.1, 0.15) is 24.4 Å². The number of fused-ring (bicyclic) bond motifs is 1. The molecule has 2 aliphatic rings. The fraction of sp³-hybridized carbons (Fsp3) is 0.455. The van der Waals surface area contributed by atoms with Crippen molar-refractivity contribution in [1.82, 2.24) is 0 Å². The molecule has 2 aromatic rings. The lowest BCUT2D eigenvalue weighted by molar-refractivity contribution is -0.373. The Balaban J connectivity index is 1.57. The number of aryl methyl sites for hydroxylation is 2. The summed E-state index contributed by atoms with van der Waals surface area (Å²) in [5, 5.41) is 19.8. The molecule has 0 spiro atoms. The highest BCUT2D eigenvalue weighted by atomic mass is 19.2. The van der Waals surface area contributed by atoms with Gasteiger partial charge in [-0.3, -0.25) is 0 Å². The Morgan fingerprint density at radius 1 is 0.933 bits per heavy atom. The van der Waals surface area contributed by atoms with Gasteiger partial charge in [-0.15, -0.1) is 0 Å². The Bertz CT molecular complexity index is 905. The van der Waals surface area contributed by atoms with Crippen LogP contribution in [-0.2, 0) is 18.9 Å². The Hall–Kier alpha value is -1.94. The summed E-state index contributed by atoms with van der Waals surface area (Å²) in [6.07, 6.45) is -5.33. The molecule has 8 heteroatoms. The molecule has 6 nitrogen and oxygen atoms in total. The number of rotatable bonds is 4. The molecule has 6 atom stereocenters. The Morgan fingerprint density at radius 3 is 2.37 bits per heavy atom. The second-order valence-corrected chi connectivity index (χ2v) is 7.64. The highest BCUT2D eigenvalue weighted by molar-refractivity contribution is 5.30. The van der Waals surface area contributed by atoms with Gasteiger partial charge in [0, 0.05) is 11.1 Å². The molecule has 2 saturated heterocycles. The highest BCUT2D eigenvalue weighted by Gasteiger charge is 2.48. The van der Waals surface area contributed by atoms with Gasteiger partial charge in [-0.05, 0) is 37.1 Å². The van der Waals surface area contributed by atoms with E-state index in [2.05, 4.69) is 0 Å². The van der Waals surface area contributed by atoms with Crippen LogP contribution in [0.3, 0.4) is 0 Å². The average Bonchev–Trinajstić information content (AvgIpc) is 2.75. The van der Waals surface area contributed by atoms with Crippen LogP contribution in [0.15, 0.2) is 36.4 Å². The van der Waals surface area contributed by atoms with Crippen molar-refractivity contribution < 1.29 is 37.9 Å². The number of aliphatic hydroxyl groups excluding tert-OH is 2. The van der Waals surface area contributed by atoms with E-state index in [0.717, 1.165) is 28.8 Å². The first-order valence-corrected chi connectivity index (χ1v) is 9.76. The van der Waals surface area contributed by atoms with Crippen molar-refractivity contribution in [3.63, 3.8) is 0 Å². The van der Waals surface area contributed by atoms with Gasteiger partial charge < -0.3 is 29.2 Å². The second kappa shape index (κ2) is 8.66. The molecule has 2 unspecified atom stereocenters. The molecule has 0 aliphatic carbocycles. The van der Waals surface area contributed by atoms with Gasteiger partial charge in [0.05, 0.1) is 13.2 Å². The summed E-state index contributed by atoms with van der Waals surface area (Å²) < 4.78 is 50.5. The molecule has 2 N–H and O–H groups in total. The summed E-state index contributed by atoms with van der Waals surface area (Å²) in [5.41, 5.74) is 3.29. The van der Waals surface area contributed by atoms with Crippen LogP contribution in [-0.4, -0.2) is 47.8 Å². The van der Waals surface area contributed by atoms with Gasteiger partial charge in [-0.2, -0.15) is 0 Å². The van der Waals surface area contributed by atoms with E-state index in [1.165, 1.54) is 6.07 Å². The zero-order valence-electron chi connectivity index (χ0n) is 16.6. The summed E-state index contributed by atoms with van der Waals surface area (Å²) in [6, 6.07) is 9.13. The Kier molecular flexibility index (Phi) is 6.15. The molecule has 0 bridgehead atoms. The fourth-order valence-electron chi connectivity index (χ4n) is 3.68. The smallest absolute Gasteiger partial charge is 0.185 e. The Labute approximate surface area is 172 Å². The topological polar surface area (TPSA) is 77.4 Å². The van der Waals surface area contributed by atoms with Crippen molar-refractivity contribution in [3.05, 3.63) is 70.3 Å². The molecule has 0 saturated carbocycles. The second-order valence-electron chi connectivity index (χ2n) is 7.64. The number of ether oxygens (including phenoxy) is 4. The van der Waals surface area contributed by atoms with E-state index in [1.807, 2.05) is 32.0 Å². The van der Waals surface area contributed by atoms with Crippen LogP contribution in [0, 0.1) is 25.5 Å². The maximum Gasteiger partial charge on any atom is 0.185 e. The Morgan fingerprint density at radius 2 is 1.67 bits per heavy atom. The van der Waals surface area contributed by atoms with Crippen LogP contribution >= 0.6 is 0 Å². The predicted octanol–water partition coefficient (Wildman–Crippen LogP) is 2.83. The van der Waals surface area contributed by atoms with E-state index in [1.54, 1.807) is 0 Å². The normalized spacial score (nSPS) is 30.0. The maximum absolute atomic E-state index is 13.7. The quantitative estimate of drug-likeness (QED) is 0.789. The minimum atomic E-state index is -1.26. The number of benzene rings is 2. The van der Waals surface area contributed by atoms with E-state index in [-0.39, 0.29) is 12.2 Å². The lowest BCUT2D eigenvalue weighted by atomic mass is 9.99. The zero-order valence-corrected chi connectivity index (χ0v) is 16.6. The van der Waals surface area contributed by atoms with Gasteiger partial charge in [0.15, 0.2) is 24.2 Å². The van der Waals surface area contributed by atoms with Crippen molar-refractivity contribution in [2.24, 2.45) is 0 Å². The number of halogens is 2. The monoisotopic (exact) mass is 422 g/mol. The van der Waals surface area contributed by atoms with Gasteiger partial charge in [0.25, 0.3) is 0 Å². The average molecular weight is 422 g/mol. The lowest BCUT2D eigenvalue weighted by Gasteiger charge is -2.47. The van der Waals surface area contributed by atoms with Gasteiger partial charge in [-0.25, -0.2) is 8.78 Å². The molecule has 0 radical (unpaired) electrons. The lowest BCUT2D eigenvalue weighted by Crippen LogP contribution is -2.58. The van der Waals surface area contributed by atoms with Crippen molar-refractivity contribution in [1.29, 1.82) is 0 Å². The molecular formula is C22H24F2O6. The van der Waals surface area contributed by atoms with Crippen LogP contribution in [0.2, 0.25) is 0 Å². The summed E-state index contributed by atoms with van der Waals surface area (Å²) >= 11 is 0. The van der Waals surface area contributed by atoms with E-state index in [4.69, 9.17) is 18.9 Å². The molecular weight excluding hydrogens is 398 g/mol. The van der Waals surface area contributed by atoms with Crippen molar-refractivity contribution in [2.75, 3.05) is 13.2 Å². The first-order chi connectivity index (χ1) is 14.4. The summed E-state index contributed by atoms with van der Waals surface area (Å²) in [5.74, 6) is -2.02. The standard InChI is InChI=1S/C22H24F2O6/c1-11-3-4-13(7-12(11)2)21-27-10-18-20(30-21)19(17(26)9-25)29-22(28-18)14-5-6-15(23)16(24)8-14/h3-8,17-22,25-26H,9-10H2,1-2H3/t17-,18+,19-,20-,21?,22?/m1/s1. The molecule has 4 rings (SSSR count). The number of aliphatic hydroxyl groups is 2. The molecule has 2 fully saturated rings. The SMILES string of the molecule is Cc1ccc(C2OC[C@@H]3OC(c4ccc(F)c(F)c4)O[C@H]([C@H](O)CO)[C@@H]3O2)cc1C. The third kappa shape index (κ3) is 4.12. The molecule has 30 heavy (non-hydrogen) atoms. The summed E-state index contributed by atoms with van der Waals surface area (Å²) in [4.78, 5) is 0. The third-order valence-corrected chi connectivity index (χ3v) is 5.55. The molecule has 0 amide bonds. The summed E-state index contributed by atoms with van der Waals surface area (Å²) in [7, 11) is 0. The largest absolute Gasteiger partial charge is 0.394 e. The zero-order chi connectivity index (χ0) is 21.4. The third-order valence-electron chi connectivity index (χ3n) is 5.55. The minimum Gasteiger partial charge on any atom is -0.394 e. The van der Waals surface area contributed by atoms with Crippen molar-refractivity contribution >= 4 is 0 Å². The predicted molar refractivity (Wildman–Crippen MR) is 101 cm³/mol. The highest BCUT2D eigenvalue weighted by Crippen LogP contribution is 2.39. The molecule has 2 aliphatic heterocycles. The fourth-order valence-corrected chi connectivity index (χ4v) is 3.68. The van der Waals surface area contributed by atoms with Crippen LogP contribution in [0.5, 0.6) is 0 Å².